The molecule has 2 N–H and O–H groups in total. The van der Waals surface area contributed by atoms with Crippen molar-refractivity contribution in [1.29, 1.82) is 0 Å². The average molecular weight is 316 g/mol. The van der Waals surface area contributed by atoms with Crippen molar-refractivity contribution in [3.05, 3.63) is 64.2 Å². The van der Waals surface area contributed by atoms with E-state index in [1.807, 2.05) is 0 Å². The van der Waals surface area contributed by atoms with Gasteiger partial charge in [0.1, 0.15) is 5.75 Å². The Labute approximate surface area is 125 Å². The summed E-state index contributed by atoms with van der Waals surface area (Å²) in [6.45, 7) is 0. The molecule has 0 saturated carbocycles. The van der Waals surface area contributed by atoms with Gasteiger partial charge in [-0.1, -0.05) is 35.9 Å². The SMILES string of the molecule is COc1ccc(C(N)c2ccccc2C(F)(F)F)cc1Cl. The van der Waals surface area contributed by atoms with Crippen LogP contribution >= 0.6 is 11.6 Å². The van der Waals surface area contributed by atoms with Gasteiger partial charge >= 0.3 is 6.18 Å². The highest BCUT2D eigenvalue weighted by molar-refractivity contribution is 6.32. The van der Waals surface area contributed by atoms with Crippen molar-refractivity contribution in [2.24, 2.45) is 5.73 Å². The fraction of sp³-hybridized carbons (Fsp3) is 0.200. The number of nitrogens with two attached hydrogens (primary N) is 1. The Morgan fingerprint density at radius 2 is 1.81 bits per heavy atom. The smallest absolute Gasteiger partial charge is 0.416 e. The fourth-order valence-electron chi connectivity index (χ4n) is 2.08. The molecule has 2 rings (SSSR count). The zero-order valence-electron chi connectivity index (χ0n) is 11.1. The Bertz CT molecular complexity index is 643. The predicted octanol–water partition coefficient (Wildman–Crippen LogP) is 4.42. The van der Waals surface area contributed by atoms with E-state index in [4.69, 9.17) is 22.1 Å². The van der Waals surface area contributed by atoms with Crippen molar-refractivity contribution in [2.75, 3.05) is 7.11 Å². The van der Waals surface area contributed by atoms with Crippen molar-refractivity contribution < 1.29 is 17.9 Å². The molecule has 0 amide bonds. The monoisotopic (exact) mass is 315 g/mol. The van der Waals surface area contributed by atoms with Gasteiger partial charge < -0.3 is 10.5 Å². The molecule has 0 aliphatic heterocycles. The molecule has 0 bridgehead atoms. The number of hydrogen-bond acceptors (Lipinski definition) is 2. The van der Waals surface area contributed by atoms with Crippen molar-refractivity contribution in [3.63, 3.8) is 0 Å². The largest absolute Gasteiger partial charge is 0.495 e. The summed E-state index contributed by atoms with van der Waals surface area (Å²) in [5.41, 5.74) is 5.72. The molecule has 0 aliphatic rings. The minimum atomic E-state index is -4.45. The van der Waals surface area contributed by atoms with E-state index in [0.29, 0.717) is 16.3 Å². The lowest BCUT2D eigenvalue weighted by Crippen LogP contribution is -2.18. The third-order valence-corrected chi connectivity index (χ3v) is 3.43. The van der Waals surface area contributed by atoms with Crippen LogP contribution in [-0.2, 0) is 6.18 Å². The van der Waals surface area contributed by atoms with Gasteiger partial charge in [0, 0.05) is 0 Å². The zero-order valence-corrected chi connectivity index (χ0v) is 11.9. The first-order valence-corrected chi connectivity index (χ1v) is 6.47. The summed E-state index contributed by atoms with van der Waals surface area (Å²) in [5, 5.41) is 0.301. The van der Waals surface area contributed by atoms with Crippen LogP contribution in [0.5, 0.6) is 5.75 Å². The molecule has 112 valence electrons. The third kappa shape index (κ3) is 3.31. The highest BCUT2D eigenvalue weighted by Crippen LogP contribution is 2.36. The molecule has 2 aromatic carbocycles. The van der Waals surface area contributed by atoms with Crippen molar-refractivity contribution >= 4 is 11.6 Å². The van der Waals surface area contributed by atoms with Crippen LogP contribution < -0.4 is 10.5 Å². The summed E-state index contributed by atoms with van der Waals surface area (Å²) in [4.78, 5) is 0. The molecule has 1 atom stereocenters. The highest BCUT2D eigenvalue weighted by Gasteiger charge is 2.34. The van der Waals surface area contributed by atoms with E-state index >= 15 is 0 Å². The van der Waals surface area contributed by atoms with E-state index in [1.54, 1.807) is 12.1 Å². The van der Waals surface area contributed by atoms with Crippen molar-refractivity contribution in [1.82, 2.24) is 0 Å². The lowest BCUT2D eigenvalue weighted by Gasteiger charge is -2.19. The van der Waals surface area contributed by atoms with Crippen LogP contribution in [0, 0.1) is 0 Å². The Morgan fingerprint density at radius 1 is 1.14 bits per heavy atom. The first kappa shape index (κ1) is 15.7. The highest BCUT2D eigenvalue weighted by atomic mass is 35.5. The van der Waals surface area contributed by atoms with Gasteiger partial charge in [-0.05, 0) is 29.3 Å². The molecule has 6 heteroatoms. The third-order valence-electron chi connectivity index (χ3n) is 3.14. The van der Waals surface area contributed by atoms with Gasteiger partial charge in [0.2, 0.25) is 0 Å². The summed E-state index contributed by atoms with van der Waals surface area (Å²) in [6.07, 6.45) is -4.45. The number of ether oxygens (including phenoxy) is 1. The molecule has 0 heterocycles. The van der Waals surface area contributed by atoms with Crippen LogP contribution in [0.3, 0.4) is 0 Å². The number of alkyl halides is 3. The van der Waals surface area contributed by atoms with E-state index in [2.05, 4.69) is 0 Å². The van der Waals surface area contributed by atoms with Gasteiger partial charge in [-0.15, -0.1) is 0 Å². The first-order valence-electron chi connectivity index (χ1n) is 6.09. The summed E-state index contributed by atoms with van der Waals surface area (Å²) in [5.74, 6) is 0.441. The Kier molecular flexibility index (Phi) is 4.44. The van der Waals surface area contributed by atoms with Gasteiger partial charge in [0.25, 0.3) is 0 Å². The van der Waals surface area contributed by atoms with Gasteiger partial charge in [-0.25, -0.2) is 0 Å². The fourth-order valence-corrected chi connectivity index (χ4v) is 2.35. The van der Waals surface area contributed by atoms with Crippen LogP contribution in [0.2, 0.25) is 5.02 Å². The van der Waals surface area contributed by atoms with E-state index in [-0.39, 0.29) is 5.56 Å². The molecule has 0 saturated heterocycles. The second-order valence-corrected chi connectivity index (χ2v) is 4.86. The summed E-state index contributed by atoms with van der Waals surface area (Å²) < 4.78 is 44.1. The topological polar surface area (TPSA) is 35.2 Å². The minimum absolute atomic E-state index is 0.00577. The maximum Gasteiger partial charge on any atom is 0.416 e. The lowest BCUT2D eigenvalue weighted by atomic mass is 9.95. The lowest BCUT2D eigenvalue weighted by molar-refractivity contribution is -0.138. The van der Waals surface area contributed by atoms with Gasteiger partial charge in [0.05, 0.1) is 23.7 Å². The summed E-state index contributed by atoms with van der Waals surface area (Å²) >= 11 is 5.99. The second kappa shape index (κ2) is 5.95. The molecule has 2 aromatic rings. The Hall–Kier alpha value is -1.72. The molecule has 21 heavy (non-hydrogen) atoms. The number of halogens is 4. The first-order chi connectivity index (χ1) is 9.84. The maximum atomic E-state index is 13.0. The number of rotatable bonds is 3. The summed E-state index contributed by atoms with van der Waals surface area (Å²) in [6, 6.07) is 9.00. The molecule has 0 aliphatic carbocycles. The molecule has 0 fully saturated rings. The molecule has 2 nitrogen and oxygen atoms in total. The minimum Gasteiger partial charge on any atom is -0.495 e. The molecule has 1 unspecified atom stereocenters. The van der Waals surface area contributed by atoms with Crippen LogP contribution in [0.15, 0.2) is 42.5 Å². The molecule has 0 aromatic heterocycles. The van der Waals surface area contributed by atoms with Crippen LogP contribution in [0.4, 0.5) is 13.2 Å². The van der Waals surface area contributed by atoms with Crippen molar-refractivity contribution in [2.45, 2.75) is 12.2 Å². The quantitative estimate of drug-likeness (QED) is 0.910. The number of hydrogen-bond donors (Lipinski definition) is 1. The van der Waals surface area contributed by atoms with Crippen molar-refractivity contribution in [3.8, 4) is 5.75 Å². The molecule has 0 spiro atoms. The van der Waals surface area contributed by atoms with Crippen LogP contribution in [0.25, 0.3) is 0 Å². The van der Waals surface area contributed by atoms with Gasteiger partial charge in [0.15, 0.2) is 0 Å². The van der Waals surface area contributed by atoms with E-state index in [0.717, 1.165) is 6.07 Å². The standard InChI is InChI=1S/C15H13ClF3NO/c1-21-13-7-6-9(8-12(13)16)14(20)10-4-2-3-5-11(10)15(17,18)19/h2-8,14H,20H2,1H3. The zero-order chi connectivity index (χ0) is 15.6. The molecule has 0 radical (unpaired) electrons. The molecular weight excluding hydrogens is 303 g/mol. The number of benzene rings is 2. The van der Waals surface area contributed by atoms with E-state index in [9.17, 15) is 13.2 Å². The summed E-state index contributed by atoms with van der Waals surface area (Å²) in [7, 11) is 1.46. The van der Waals surface area contributed by atoms with Gasteiger partial charge in [-0.3, -0.25) is 0 Å². The predicted molar refractivity (Wildman–Crippen MR) is 75.5 cm³/mol. The van der Waals surface area contributed by atoms with E-state index in [1.165, 1.54) is 31.4 Å². The average Bonchev–Trinajstić information content (AvgIpc) is 2.45. The van der Waals surface area contributed by atoms with Crippen LogP contribution in [0.1, 0.15) is 22.7 Å². The Morgan fingerprint density at radius 3 is 2.38 bits per heavy atom. The number of methoxy groups -OCH3 is 1. The normalized spacial score (nSPS) is 13.0. The van der Waals surface area contributed by atoms with Gasteiger partial charge in [-0.2, -0.15) is 13.2 Å². The molecular formula is C15H13ClF3NO. The van der Waals surface area contributed by atoms with Crippen LogP contribution in [-0.4, -0.2) is 7.11 Å². The van der Waals surface area contributed by atoms with E-state index < -0.39 is 17.8 Å². The Balaban J connectivity index is 2.45. The second-order valence-electron chi connectivity index (χ2n) is 4.46. The maximum absolute atomic E-state index is 13.0.